The normalized spacial score (nSPS) is 20.7. The summed E-state index contributed by atoms with van der Waals surface area (Å²) in [5.41, 5.74) is 1.02. The van der Waals surface area contributed by atoms with Gasteiger partial charge >= 0.3 is 12.0 Å². The van der Waals surface area contributed by atoms with Crippen LogP contribution in [0, 0.1) is 5.92 Å². The summed E-state index contributed by atoms with van der Waals surface area (Å²) in [7, 11) is 0. The SMILES string of the molecule is CC1CC1NC(=O)NCCc1ccccc1C(=O)O. The lowest BCUT2D eigenvalue weighted by molar-refractivity contribution is 0.0695. The van der Waals surface area contributed by atoms with Crippen molar-refractivity contribution < 1.29 is 14.7 Å². The molecule has 0 radical (unpaired) electrons. The second-order valence-corrected chi connectivity index (χ2v) is 4.93. The summed E-state index contributed by atoms with van der Waals surface area (Å²) in [6.45, 7) is 2.52. The molecule has 2 rings (SSSR count). The number of benzene rings is 1. The average Bonchev–Trinajstić information content (AvgIpc) is 3.05. The van der Waals surface area contributed by atoms with Gasteiger partial charge in [-0.3, -0.25) is 0 Å². The van der Waals surface area contributed by atoms with Gasteiger partial charge in [-0.1, -0.05) is 25.1 Å². The van der Waals surface area contributed by atoms with Crippen LogP contribution < -0.4 is 10.6 Å². The van der Waals surface area contributed by atoms with E-state index in [1.54, 1.807) is 24.3 Å². The summed E-state index contributed by atoms with van der Waals surface area (Å²) in [6, 6.07) is 6.96. The third kappa shape index (κ3) is 3.71. The summed E-state index contributed by atoms with van der Waals surface area (Å²) < 4.78 is 0. The van der Waals surface area contributed by atoms with Crippen LogP contribution in [0.5, 0.6) is 0 Å². The van der Waals surface area contributed by atoms with Gasteiger partial charge in [0.05, 0.1) is 5.56 Å². The van der Waals surface area contributed by atoms with Gasteiger partial charge in [-0.25, -0.2) is 9.59 Å². The number of rotatable bonds is 5. The highest BCUT2D eigenvalue weighted by Gasteiger charge is 2.33. The number of hydrogen-bond donors (Lipinski definition) is 3. The molecule has 0 bridgehead atoms. The van der Waals surface area contributed by atoms with Crippen molar-refractivity contribution in [2.45, 2.75) is 25.8 Å². The minimum atomic E-state index is -0.938. The van der Waals surface area contributed by atoms with Crippen LogP contribution in [0.2, 0.25) is 0 Å². The zero-order chi connectivity index (χ0) is 13.8. The van der Waals surface area contributed by atoms with Gasteiger partial charge in [-0.15, -0.1) is 0 Å². The summed E-state index contributed by atoms with van der Waals surface area (Å²) in [4.78, 5) is 22.5. The largest absolute Gasteiger partial charge is 0.478 e. The van der Waals surface area contributed by atoms with Crippen LogP contribution in [0.1, 0.15) is 29.3 Å². The van der Waals surface area contributed by atoms with Gasteiger partial charge in [-0.05, 0) is 30.4 Å². The number of nitrogens with one attached hydrogen (secondary N) is 2. The van der Waals surface area contributed by atoms with Crippen molar-refractivity contribution in [3.05, 3.63) is 35.4 Å². The molecule has 5 nitrogen and oxygen atoms in total. The molecule has 3 N–H and O–H groups in total. The maximum absolute atomic E-state index is 11.5. The third-order valence-electron chi connectivity index (χ3n) is 3.35. The zero-order valence-corrected chi connectivity index (χ0v) is 10.8. The molecule has 2 unspecified atom stereocenters. The number of urea groups is 1. The number of amides is 2. The van der Waals surface area contributed by atoms with Crippen molar-refractivity contribution in [3.63, 3.8) is 0 Å². The van der Waals surface area contributed by atoms with Gasteiger partial charge in [0.1, 0.15) is 0 Å². The molecule has 2 atom stereocenters. The molecule has 1 saturated carbocycles. The van der Waals surface area contributed by atoms with E-state index in [0.29, 0.717) is 30.5 Å². The summed E-state index contributed by atoms with van der Waals surface area (Å²) in [5, 5.41) is 14.6. The Kier molecular flexibility index (Phi) is 4.04. The topological polar surface area (TPSA) is 78.4 Å². The van der Waals surface area contributed by atoms with Crippen LogP contribution in [-0.4, -0.2) is 29.7 Å². The Bertz CT molecular complexity index is 487. The number of carboxylic acids is 1. The van der Waals surface area contributed by atoms with Crippen molar-refractivity contribution >= 4 is 12.0 Å². The van der Waals surface area contributed by atoms with Crippen LogP contribution in [0.4, 0.5) is 4.79 Å². The van der Waals surface area contributed by atoms with Gasteiger partial charge < -0.3 is 15.7 Å². The lowest BCUT2D eigenvalue weighted by Crippen LogP contribution is -2.38. The Morgan fingerprint density at radius 2 is 2.05 bits per heavy atom. The molecule has 0 heterocycles. The predicted molar refractivity (Wildman–Crippen MR) is 71.2 cm³/mol. The lowest BCUT2D eigenvalue weighted by atomic mass is 10.0. The maximum atomic E-state index is 11.5. The first-order valence-corrected chi connectivity index (χ1v) is 6.43. The van der Waals surface area contributed by atoms with Crippen LogP contribution in [-0.2, 0) is 6.42 Å². The number of aromatic carboxylic acids is 1. The van der Waals surface area contributed by atoms with Gasteiger partial charge in [0.2, 0.25) is 0 Å². The predicted octanol–water partition coefficient (Wildman–Crippen LogP) is 1.63. The van der Waals surface area contributed by atoms with Crippen molar-refractivity contribution in [3.8, 4) is 0 Å². The fourth-order valence-electron chi connectivity index (χ4n) is 2.00. The van der Waals surface area contributed by atoms with E-state index in [-0.39, 0.29) is 6.03 Å². The molecule has 1 aliphatic rings. The Morgan fingerprint density at radius 3 is 2.68 bits per heavy atom. The smallest absolute Gasteiger partial charge is 0.335 e. The number of carboxylic acid groups (broad SMARTS) is 1. The van der Waals surface area contributed by atoms with E-state index in [0.717, 1.165) is 12.0 Å². The van der Waals surface area contributed by atoms with E-state index in [4.69, 9.17) is 5.11 Å². The quantitative estimate of drug-likeness (QED) is 0.754. The van der Waals surface area contributed by atoms with Crippen molar-refractivity contribution in [2.24, 2.45) is 5.92 Å². The van der Waals surface area contributed by atoms with Crippen molar-refractivity contribution in [2.75, 3.05) is 6.54 Å². The highest BCUT2D eigenvalue weighted by atomic mass is 16.4. The van der Waals surface area contributed by atoms with E-state index in [1.807, 2.05) is 0 Å². The van der Waals surface area contributed by atoms with Crippen molar-refractivity contribution in [1.29, 1.82) is 0 Å². The molecule has 19 heavy (non-hydrogen) atoms. The van der Waals surface area contributed by atoms with E-state index in [1.165, 1.54) is 0 Å². The molecule has 0 aromatic heterocycles. The first-order valence-electron chi connectivity index (χ1n) is 6.43. The maximum Gasteiger partial charge on any atom is 0.335 e. The van der Waals surface area contributed by atoms with Gasteiger partial charge in [0, 0.05) is 12.6 Å². The molecular weight excluding hydrogens is 244 g/mol. The Balaban J connectivity index is 1.79. The lowest BCUT2D eigenvalue weighted by Gasteiger charge is -2.08. The fourth-order valence-corrected chi connectivity index (χ4v) is 2.00. The van der Waals surface area contributed by atoms with E-state index in [2.05, 4.69) is 17.6 Å². The monoisotopic (exact) mass is 262 g/mol. The molecule has 1 aromatic carbocycles. The molecule has 1 aromatic rings. The molecule has 5 heteroatoms. The van der Waals surface area contributed by atoms with Gasteiger partial charge in [0.25, 0.3) is 0 Å². The second-order valence-electron chi connectivity index (χ2n) is 4.93. The number of carbonyl (C=O) groups excluding carboxylic acids is 1. The first kappa shape index (κ1) is 13.4. The van der Waals surface area contributed by atoms with Crippen LogP contribution in [0.15, 0.2) is 24.3 Å². The first-order chi connectivity index (χ1) is 9.08. The van der Waals surface area contributed by atoms with E-state index >= 15 is 0 Å². The second kappa shape index (κ2) is 5.73. The molecule has 0 aliphatic heterocycles. The van der Waals surface area contributed by atoms with Crippen LogP contribution in [0.3, 0.4) is 0 Å². The fraction of sp³-hybridized carbons (Fsp3) is 0.429. The Hall–Kier alpha value is -2.04. The third-order valence-corrected chi connectivity index (χ3v) is 3.35. The summed E-state index contributed by atoms with van der Waals surface area (Å²) in [5.74, 6) is -0.370. The summed E-state index contributed by atoms with van der Waals surface area (Å²) >= 11 is 0. The Labute approximate surface area is 112 Å². The Morgan fingerprint density at radius 1 is 1.37 bits per heavy atom. The highest BCUT2D eigenvalue weighted by Crippen LogP contribution is 2.28. The molecular formula is C14H18N2O3. The average molecular weight is 262 g/mol. The highest BCUT2D eigenvalue weighted by molar-refractivity contribution is 5.89. The van der Waals surface area contributed by atoms with Gasteiger partial charge in [0.15, 0.2) is 0 Å². The molecule has 0 saturated heterocycles. The summed E-state index contributed by atoms with van der Waals surface area (Å²) in [6.07, 6.45) is 1.55. The molecule has 2 amide bonds. The molecule has 1 aliphatic carbocycles. The minimum absolute atomic E-state index is 0.179. The molecule has 1 fully saturated rings. The van der Waals surface area contributed by atoms with Crippen LogP contribution >= 0.6 is 0 Å². The number of hydrogen-bond acceptors (Lipinski definition) is 2. The molecule has 0 spiro atoms. The van der Waals surface area contributed by atoms with E-state index < -0.39 is 5.97 Å². The van der Waals surface area contributed by atoms with Gasteiger partial charge in [-0.2, -0.15) is 0 Å². The zero-order valence-electron chi connectivity index (χ0n) is 10.8. The van der Waals surface area contributed by atoms with Crippen LogP contribution in [0.25, 0.3) is 0 Å². The molecule has 102 valence electrons. The van der Waals surface area contributed by atoms with E-state index in [9.17, 15) is 9.59 Å². The standard InChI is InChI=1S/C14H18N2O3/c1-9-8-12(9)16-14(19)15-7-6-10-4-2-3-5-11(10)13(17)18/h2-5,9,12H,6-8H2,1H3,(H,17,18)(H2,15,16,19). The van der Waals surface area contributed by atoms with Crippen molar-refractivity contribution in [1.82, 2.24) is 10.6 Å². The number of carbonyl (C=O) groups is 2. The minimum Gasteiger partial charge on any atom is -0.478 e.